The zero-order chi connectivity index (χ0) is 14.4. The van der Waals surface area contributed by atoms with E-state index in [4.69, 9.17) is 0 Å². The van der Waals surface area contributed by atoms with E-state index in [1.807, 2.05) is 12.2 Å². The molecule has 2 unspecified atom stereocenters. The van der Waals surface area contributed by atoms with Gasteiger partial charge in [0.2, 0.25) is 0 Å². The number of allylic oxidation sites excluding steroid dienone is 2. The second-order valence-corrected chi connectivity index (χ2v) is 6.69. The molecule has 0 spiro atoms. The minimum Gasteiger partial charge on any atom is -0.624 e. The fourth-order valence-electron chi connectivity index (χ4n) is 3.58. The van der Waals surface area contributed by atoms with Gasteiger partial charge < -0.3 is 5.21 Å². The first-order chi connectivity index (χ1) is 9.59. The largest absolute Gasteiger partial charge is 0.624 e. The van der Waals surface area contributed by atoms with Gasteiger partial charge in [0.15, 0.2) is 12.3 Å². The van der Waals surface area contributed by atoms with Crippen molar-refractivity contribution in [2.24, 2.45) is 5.92 Å². The van der Waals surface area contributed by atoms with Crippen molar-refractivity contribution in [1.82, 2.24) is 0 Å². The summed E-state index contributed by atoms with van der Waals surface area (Å²) < 4.78 is 15.4. The lowest BCUT2D eigenvalue weighted by Gasteiger charge is -2.34. The van der Waals surface area contributed by atoms with Crippen LogP contribution >= 0.6 is 0 Å². The first-order valence-corrected chi connectivity index (χ1v) is 8.24. The fraction of sp³-hybridized carbons (Fsp3) is 0.824. The van der Waals surface area contributed by atoms with Crippen LogP contribution in [0, 0.1) is 11.1 Å². The summed E-state index contributed by atoms with van der Waals surface area (Å²) in [4.78, 5) is 0. The zero-order valence-electron chi connectivity index (χ0n) is 12.7. The quantitative estimate of drug-likeness (QED) is 0.315. The van der Waals surface area contributed by atoms with Crippen molar-refractivity contribution in [2.75, 3.05) is 0 Å². The van der Waals surface area contributed by atoms with Crippen LogP contribution in [0.4, 0.5) is 4.39 Å². The first kappa shape index (κ1) is 15.5. The highest BCUT2D eigenvalue weighted by Gasteiger charge is 2.35. The maximum absolute atomic E-state index is 14.3. The minimum absolute atomic E-state index is 0.121. The van der Waals surface area contributed by atoms with Crippen molar-refractivity contribution in [1.29, 1.82) is 0 Å². The van der Waals surface area contributed by atoms with Gasteiger partial charge in [0.1, 0.15) is 5.67 Å². The van der Waals surface area contributed by atoms with Gasteiger partial charge in [-0.2, -0.15) is 0 Å². The fourth-order valence-corrected chi connectivity index (χ4v) is 3.58. The average molecular weight is 281 g/mol. The average Bonchev–Trinajstić information content (AvgIpc) is 2.45. The molecule has 0 aromatic carbocycles. The van der Waals surface area contributed by atoms with Crippen LogP contribution in [-0.4, -0.2) is 22.7 Å². The molecule has 2 atom stereocenters. The maximum Gasteiger partial charge on any atom is 0.174 e. The Balaban J connectivity index is 1.80. The van der Waals surface area contributed by atoms with Gasteiger partial charge in [0, 0.05) is 12.8 Å². The molecule has 0 aromatic heterocycles. The Hall–Kier alpha value is -0.860. The van der Waals surface area contributed by atoms with Crippen molar-refractivity contribution in [2.45, 2.75) is 82.8 Å². The SMILES string of the molecule is CC1(F)CCCCC1C/C=C/C=[N+](\[O-])C1CCCCC1. The van der Waals surface area contributed by atoms with E-state index >= 15 is 0 Å². The van der Waals surface area contributed by atoms with Gasteiger partial charge in [0.05, 0.1) is 0 Å². The van der Waals surface area contributed by atoms with Crippen molar-refractivity contribution in [3.8, 4) is 0 Å². The molecule has 114 valence electrons. The highest BCUT2D eigenvalue weighted by atomic mass is 19.1. The van der Waals surface area contributed by atoms with E-state index in [0.717, 1.165) is 43.3 Å². The van der Waals surface area contributed by atoms with Crippen LogP contribution in [0.5, 0.6) is 0 Å². The number of halogens is 1. The number of hydroxylamine groups is 1. The molecule has 0 aliphatic heterocycles. The molecule has 20 heavy (non-hydrogen) atoms. The van der Waals surface area contributed by atoms with Gasteiger partial charge in [-0.15, -0.1) is 0 Å². The third-order valence-electron chi connectivity index (χ3n) is 5.04. The maximum atomic E-state index is 14.3. The van der Waals surface area contributed by atoms with Crippen LogP contribution in [0.1, 0.15) is 71.1 Å². The molecule has 0 heterocycles. The molecule has 2 saturated carbocycles. The monoisotopic (exact) mass is 281 g/mol. The lowest BCUT2D eigenvalue weighted by Crippen LogP contribution is -2.32. The van der Waals surface area contributed by atoms with Crippen LogP contribution in [0.3, 0.4) is 0 Å². The molecular formula is C17H28FNO. The van der Waals surface area contributed by atoms with Crippen LogP contribution in [-0.2, 0) is 0 Å². The Labute approximate surface area is 122 Å². The van der Waals surface area contributed by atoms with E-state index in [2.05, 4.69) is 0 Å². The third kappa shape index (κ3) is 4.32. The van der Waals surface area contributed by atoms with E-state index < -0.39 is 5.67 Å². The lowest BCUT2D eigenvalue weighted by atomic mass is 9.76. The Morgan fingerprint density at radius 3 is 2.55 bits per heavy atom. The topological polar surface area (TPSA) is 26.1 Å². The summed E-state index contributed by atoms with van der Waals surface area (Å²) in [6, 6.07) is 0.162. The number of hydrogen-bond donors (Lipinski definition) is 0. The molecule has 0 aromatic rings. The van der Waals surface area contributed by atoms with Gasteiger partial charge in [0.25, 0.3) is 0 Å². The molecular weight excluding hydrogens is 253 g/mol. The molecule has 2 aliphatic carbocycles. The Morgan fingerprint density at radius 2 is 1.85 bits per heavy atom. The van der Waals surface area contributed by atoms with E-state index in [0.29, 0.717) is 6.42 Å². The van der Waals surface area contributed by atoms with Gasteiger partial charge in [-0.1, -0.05) is 25.3 Å². The van der Waals surface area contributed by atoms with Crippen molar-refractivity contribution < 1.29 is 9.13 Å². The van der Waals surface area contributed by atoms with Crippen LogP contribution in [0.25, 0.3) is 0 Å². The summed E-state index contributed by atoms with van der Waals surface area (Å²) in [5, 5.41) is 11.9. The number of rotatable bonds is 4. The molecule has 0 bridgehead atoms. The number of nitrogens with zero attached hydrogens (tertiary/aromatic N) is 1. The van der Waals surface area contributed by atoms with Crippen molar-refractivity contribution >= 4 is 6.21 Å². The van der Waals surface area contributed by atoms with Gasteiger partial charge in [-0.25, -0.2) is 9.13 Å². The molecule has 3 heteroatoms. The molecule has 0 saturated heterocycles. The molecule has 0 radical (unpaired) electrons. The van der Waals surface area contributed by atoms with Crippen LogP contribution < -0.4 is 0 Å². The summed E-state index contributed by atoms with van der Waals surface area (Å²) in [6.45, 7) is 1.73. The highest BCUT2D eigenvalue weighted by Crippen LogP contribution is 2.38. The van der Waals surface area contributed by atoms with Crippen molar-refractivity contribution in [3.05, 3.63) is 17.4 Å². The molecule has 2 rings (SSSR count). The van der Waals surface area contributed by atoms with Gasteiger partial charge in [-0.05, 0) is 51.0 Å². The predicted molar refractivity (Wildman–Crippen MR) is 81.8 cm³/mol. The third-order valence-corrected chi connectivity index (χ3v) is 5.04. The van der Waals surface area contributed by atoms with E-state index in [-0.39, 0.29) is 12.0 Å². The summed E-state index contributed by atoms with van der Waals surface area (Å²) in [7, 11) is 0. The number of hydrogen-bond acceptors (Lipinski definition) is 1. The van der Waals surface area contributed by atoms with Gasteiger partial charge in [-0.3, -0.25) is 0 Å². The summed E-state index contributed by atoms with van der Waals surface area (Å²) in [5.41, 5.74) is -1.02. The lowest BCUT2D eigenvalue weighted by molar-refractivity contribution is -0.500. The predicted octanol–water partition coefficient (Wildman–Crippen LogP) is 4.76. The molecule has 0 N–H and O–H groups in total. The first-order valence-electron chi connectivity index (χ1n) is 8.24. The Kier molecular flexibility index (Phi) is 5.62. The Bertz CT molecular complexity index is 356. The summed E-state index contributed by atoms with van der Waals surface area (Å²) >= 11 is 0. The zero-order valence-corrected chi connectivity index (χ0v) is 12.7. The van der Waals surface area contributed by atoms with E-state index in [9.17, 15) is 9.60 Å². The minimum atomic E-state index is -1.02. The highest BCUT2D eigenvalue weighted by molar-refractivity contribution is 5.66. The Morgan fingerprint density at radius 1 is 1.15 bits per heavy atom. The molecule has 0 amide bonds. The molecule has 2 fully saturated rings. The van der Waals surface area contributed by atoms with E-state index in [1.54, 1.807) is 13.1 Å². The van der Waals surface area contributed by atoms with Gasteiger partial charge >= 0.3 is 0 Å². The van der Waals surface area contributed by atoms with Crippen LogP contribution in [0.2, 0.25) is 0 Å². The number of alkyl halides is 1. The summed E-state index contributed by atoms with van der Waals surface area (Å²) in [5.74, 6) is 0.121. The standard InChI is InChI=1S/C17H28FNO/c1-17(18)13-7-5-9-15(17)10-6-8-14-19(20)16-11-3-2-4-12-16/h6,8,14-16H,2-5,7,9-13H2,1H3/b8-6+,19-14-. The second-order valence-electron chi connectivity index (χ2n) is 6.69. The molecule has 2 nitrogen and oxygen atoms in total. The summed E-state index contributed by atoms with van der Waals surface area (Å²) in [6.07, 6.45) is 15.6. The van der Waals surface area contributed by atoms with Crippen LogP contribution in [0.15, 0.2) is 12.2 Å². The van der Waals surface area contributed by atoms with Crippen molar-refractivity contribution in [3.63, 3.8) is 0 Å². The normalized spacial score (nSPS) is 33.7. The smallest absolute Gasteiger partial charge is 0.174 e. The second kappa shape index (κ2) is 7.24. The van der Waals surface area contributed by atoms with E-state index in [1.165, 1.54) is 19.3 Å². The molecule has 2 aliphatic rings.